The van der Waals surface area contributed by atoms with Crippen LogP contribution >= 0.6 is 59.1 Å². The van der Waals surface area contributed by atoms with E-state index < -0.39 is 0 Å². The third-order valence-electron chi connectivity index (χ3n) is 2.85. The molecule has 18 heavy (non-hydrogen) atoms. The van der Waals surface area contributed by atoms with Crippen LogP contribution in [0.15, 0.2) is 37.9 Å². The van der Waals surface area contributed by atoms with Crippen molar-refractivity contribution >= 4 is 59.1 Å². The van der Waals surface area contributed by atoms with Crippen molar-refractivity contribution in [3.63, 3.8) is 0 Å². The van der Waals surface area contributed by atoms with Gasteiger partial charge >= 0.3 is 0 Å². The molecule has 0 radical (unpaired) electrons. The molecule has 1 heterocycles. The Morgan fingerprint density at radius 2 is 1.56 bits per heavy atom. The first-order valence-corrected chi connectivity index (χ1v) is 8.99. The number of rotatable bonds is 3. The smallest absolute Gasteiger partial charge is 0.0757 e. The molecule has 1 atom stereocenters. The van der Waals surface area contributed by atoms with Crippen molar-refractivity contribution in [1.29, 1.82) is 0 Å². The molecule has 1 aromatic heterocycles. The van der Waals surface area contributed by atoms with Crippen LogP contribution in [0.25, 0.3) is 0 Å². The number of alkyl halides is 1. The minimum absolute atomic E-state index is 0.232. The second-order valence-corrected chi connectivity index (χ2v) is 9.13. The first-order chi connectivity index (χ1) is 8.49. The summed E-state index contributed by atoms with van der Waals surface area (Å²) in [6.07, 6.45) is 0. The number of thiophene rings is 1. The largest absolute Gasteiger partial charge is 0.121 e. The summed E-state index contributed by atoms with van der Waals surface area (Å²) in [4.78, 5) is 0.232. The van der Waals surface area contributed by atoms with Gasteiger partial charge in [0.2, 0.25) is 0 Å². The fraction of sp³-hybridized carbons (Fsp3) is 0.286. The van der Waals surface area contributed by atoms with Crippen molar-refractivity contribution in [3.8, 4) is 0 Å². The molecule has 0 spiro atoms. The lowest BCUT2D eigenvalue weighted by molar-refractivity contribution is 0.865. The highest BCUT2D eigenvalue weighted by atomic mass is 79.9. The molecule has 0 aliphatic rings. The number of halogens is 3. The SMILES string of the molecule is CC(C)c1ccc(C(Br)c2cc(Br)sc2Br)cc1. The molecule has 2 aromatic rings. The molecule has 0 aliphatic carbocycles. The van der Waals surface area contributed by atoms with Gasteiger partial charge in [-0.1, -0.05) is 54.0 Å². The van der Waals surface area contributed by atoms with Crippen LogP contribution in [0.5, 0.6) is 0 Å². The van der Waals surface area contributed by atoms with Crippen LogP contribution in [0, 0.1) is 0 Å². The normalized spacial score (nSPS) is 13.0. The molecule has 1 unspecified atom stereocenters. The predicted octanol–water partition coefficient (Wildman–Crippen LogP) is 6.88. The van der Waals surface area contributed by atoms with Gasteiger partial charge in [0.05, 0.1) is 12.4 Å². The molecule has 0 aliphatic heterocycles. The fourth-order valence-electron chi connectivity index (χ4n) is 1.76. The van der Waals surface area contributed by atoms with Crippen molar-refractivity contribution in [3.05, 3.63) is 54.6 Å². The van der Waals surface area contributed by atoms with E-state index in [1.807, 2.05) is 0 Å². The van der Waals surface area contributed by atoms with Gasteiger partial charge in [-0.05, 0) is 60.5 Å². The zero-order valence-electron chi connectivity index (χ0n) is 10.1. The second kappa shape index (κ2) is 6.21. The van der Waals surface area contributed by atoms with E-state index in [0.29, 0.717) is 5.92 Å². The average molecular weight is 453 g/mol. The van der Waals surface area contributed by atoms with Crippen LogP contribution in [0.4, 0.5) is 0 Å². The van der Waals surface area contributed by atoms with Gasteiger partial charge in [-0.15, -0.1) is 11.3 Å². The fourth-order valence-corrected chi connectivity index (χ4v) is 5.78. The van der Waals surface area contributed by atoms with E-state index in [4.69, 9.17) is 0 Å². The Kier molecular flexibility index (Phi) is 5.09. The maximum atomic E-state index is 3.78. The van der Waals surface area contributed by atoms with Crippen molar-refractivity contribution in [1.82, 2.24) is 0 Å². The Hall–Kier alpha value is 0.360. The van der Waals surface area contributed by atoms with Crippen LogP contribution in [-0.2, 0) is 0 Å². The van der Waals surface area contributed by atoms with Crippen LogP contribution in [0.3, 0.4) is 0 Å². The Morgan fingerprint density at radius 3 is 2.00 bits per heavy atom. The number of benzene rings is 1. The van der Waals surface area contributed by atoms with Crippen molar-refractivity contribution in [2.24, 2.45) is 0 Å². The summed E-state index contributed by atoms with van der Waals surface area (Å²) in [5.41, 5.74) is 3.93. The quantitative estimate of drug-likeness (QED) is 0.445. The van der Waals surface area contributed by atoms with Crippen LogP contribution in [0.2, 0.25) is 0 Å². The summed E-state index contributed by atoms with van der Waals surface area (Å²) in [5.74, 6) is 0.579. The monoisotopic (exact) mass is 450 g/mol. The molecule has 0 saturated heterocycles. The van der Waals surface area contributed by atoms with Crippen molar-refractivity contribution in [2.75, 3.05) is 0 Å². The first-order valence-electron chi connectivity index (χ1n) is 5.67. The van der Waals surface area contributed by atoms with Gasteiger partial charge in [0, 0.05) is 0 Å². The zero-order chi connectivity index (χ0) is 13.3. The molecule has 2 rings (SSSR count). The highest BCUT2D eigenvalue weighted by Gasteiger charge is 2.16. The van der Waals surface area contributed by atoms with Gasteiger partial charge in [0.15, 0.2) is 0 Å². The number of hydrogen-bond donors (Lipinski definition) is 0. The Labute approximate surface area is 137 Å². The minimum Gasteiger partial charge on any atom is -0.121 e. The van der Waals surface area contributed by atoms with Gasteiger partial charge in [-0.25, -0.2) is 0 Å². The van der Waals surface area contributed by atoms with Gasteiger partial charge < -0.3 is 0 Å². The van der Waals surface area contributed by atoms with E-state index in [1.54, 1.807) is 11.3 Å². The molecule has 4 heteroatoms. The molecule has 1 aromatic carbocycles. The summed E-state index contributed by atoms with van der Waals surface area (Å²) in [5, 5.41) is 0. The zero-order valence-corrected chi connectivity index (χ0v) is 15.7. The molecular weight excluding hydrogens is 440 g/mol. The highest BCUT2D eigenvalue weighted by Crippen LogP contribution is 2.41. The average Bonchev–Trinajstić information content (AvgIpc) is 2.67. The highest BCUT2D eigenvalue weighted by molar-refractivity contribution is 9.12. The molecule has 0 saturated carbocycles. The van der Waals surface area contributed by atoms with Gasteiger partial charge in [0.25, 0.3) is 0 Å². The lowest BCUT2D eigenvalue weighted by Gasteiger charge is -2.11. The Bertz CT molecular complexity index is 528. The molecule has 96 valence electrons. The van der Waals surface area contributed by atoms with Crippen LogP contribution in [-0.4, -0.2) is 0 Å². The molecule has 0 nitrogen and oxygen atoms in total. The van der Waals surface area contributed by atoms with E-state index in [9.17, 15) is 0 Å². The summed E-state index contributed by atoms with van der Waals surface area (Å²) in [6.45, 7) is 4.43. The topological polar surface area (TPSA) is 0 Å². The van der Waals surface area contributed by atoms with Crippen LogP contribution in [0.1, 0.15) is 41.3 Å². The van der Waals surface area contributed by atoms with E-state index in [0.717, 1.165) is 3.79 Å². The Morgan fingerprint density at radius 1 is 1.00 bits per heavy atom. The van der Waals surface area contributed by atoms with E-state index >= 15 is 0 Å². The maximum Gasteiger partial charge on any atom is 0.0757 e. The predicted molar refractivity (Wildman–Crippen MR) is 91.0 cm³/mol. The minimum atomic E-state index is 0.232. The lowest BCUT2D eigenvalue weighted by Crippen LogP contribution is -1.93. The summed E-state index contributed by atoms with van der Waals surface area (Å²) in [7, 11) is 0. The van der Waals surface area contributed by atoms with Crippen molar-refractivity contribution < 1.29 is 0 Å². The first kappa shape index (κ1) is 14.8. The maximum absolute atomic E-state index is 3.78. The molecule has 0 amide bonds. The van der Waals surface area contributed by atoms with E-state index in [2.05, 4.69) is 92.0 Å². The summed E-state index contributed by atoms with van der Waals surface area (Å²) < 4.78 is 2.32. The summed E-state index contributed by atoms with van der Waals surface area (Å²) in [6, 6.07) is 11.0. The summed E-state index contributed by atoms with van der Waals surface area (Å²) >= 11 is 12.6. The Balaban J connectivity index is 2.28. The third-order valence-corrected chi connectivity index (χ3v) is 6.26. The van der Waals surface area contributed by atoms with E-state index in [1.165, 1.54) is 20.5 Å². The molecule has 0 bridgehead atoms. The standard InChI is InChI=1S/C14H13Br3S/c1-8(2)9-3-5-10(6-4-9)13(16)11-7-12(15)18-14(11)17/h3-8,13H,1-2H3. The van der Waals surface area contributed by atoms with Crippen molar-refractivity contribution in [2.45, 2.75) is 24.6 Å². The number of hydrogen-bond acceptors (Lipinski definition) is 1. The van der Waals surface area contributed by atoms with Gasteiger partial charge in [0.1, 0.15) is 0 Å². The third kappa shape index (κ3) is 3.27. The molecule has 0 N–H and O–H groups in total. The van der Waals surface area contributed by atoms with Crippen LogP contribution < -0.4 is 0 Å². The second-order valence-electron chi connectivity index (χ2n) is 4.46. The molecule has 0 fully saturated rings. The molecular formula is C14H13Br3S. The lowest BCUT2D eigenvalue weighted by atomic mass is 10.00. The van der Waals surface area contributed by atoms with Gasteiger partial charge in [-0.2, -0.15) is 0 Å². The van der Waals surface area contributed by atoms with Gasteiger partial charge in [-0.3, -0.25) is 0 Å². The van der Waals surface area contributed by atoms with E-state index in [-0.39, 0.29) is 4.83 Å².